The van der Waals surface area contributed by atoms with Gasteiger partial charge in [0.15, 0.2) is 0 Å². The Morgan fingerprint density at radius 2 is 1.96 bits per heavy atom. The van der Waals surface area contributed by atoms with Crippen LogP contribution in [0.2, 0.25) is 0 Å². The van der Waals surface area contributed by atoms with Crippen molar-refractivity contribution < 1.29 is 17.9 Å². The third-order valence-electron chi connectivity index (χ3n) is 4.89. The molecule has 0 radical (unpaired) electrons. The van der Waals surface area contributed by atoms with E-state index in [0.717, 1.165) is 32.5 Å². The maximum atomic E-state index is 12.7. The molecule has 3 rings (SSSR count). The minimum atomic E-state index is -3.66. The van der Waals surface area contributed by atoms with Gasteiger partial charge in [0.05, 0.1) is 14.2 Å². The molecular formula is C19H26N2O4S2. The van der Waals surface area contributed by atoms with Gasteiger partial charge in [-0.25, -0.2) is 13.1 Å². The van der Waals surface area contributed by atoms with Crippen LogP contribution in [0.15, 0.2) is 40.6 Å². The number of sulfonamides is 1. The zero-order valence-corrected chi connectivity index (χ0v) is 17.3. The molecule has 148 valence electrons. The van der Waals surface area contributed by atoms with Crippen LogP contribution in [0.1, 0.15) is 17.7 Å². The van der Waals surface area contributed by atoms with E-state index in [0.29, 0.717) is 24.0 Å². The monoisotopic (exact) mass is 410 g/mol. The molecule has 0 aliphatic carbocycles. The molecule has 0 unspecified atom stereocenters. The molecule has 1 aliphatic heterocycles. The van der Waals surface area contributed by atoms with Gasteiger partial charge in [-0.1, -0.05) is 6.07 Å². The van der Waals surface area contributed by atoms with Gasteiger partial charge >= 0.3 is 0 Å². The number of thiophene rings is 1. The molecule has 2 heterocycles. The minimum absolute atomic E-state index is 0.111. The van der Waals surface area contributed by atoms with E-state index in [1.165, 1.54) is 25.2 Å². The molecule has 8 heteroatoms. The predicted octanol–water partition coefficient (Wildman–Crippen LogP) is 2.96. The van der Waals surface area contributed by atoms with Gasteiger partial charge in [0.25, 0.3) is 0 Å². The summed E-state index contributed by atoms with van der Waals surface area (Å²) in [6, 6.07) is 9.02. The number of nitrogens with zero attached hydrogens (tertiary/aromatic N) is 1. The molecule has 0 bridgehead atoms. The van der Waals surface area contributed by atoms with Crippen LogP contribution in [0.25, 0.3) is 0 Å². The summed E-state index contributed by atoms with van der Waals surface area (Å²) in [6.45, 7) is 3.41. The highest BCUT2D eigenvalue weighted by atomic mass is 32.2. The van der Waals surface area contributed by atoms with Crippen LogP contribution >= 0.6 is 11.3 Å². The maximum Gasteiger partial charge on any atom is 0.244 e. The Morgan fingerprint density at radius 3 is 2.59 bits per heavy atom. The molecule has 1 aliphatic rings. The van der Waals surface area contributed by atoms with Crippen LogP contribution in [-0.4, -0.2) is 47.2 Å². The van der Waals surface area contributed by atoms with Gasteiger partial charge in [0.2, 0.25) is 10.0 Å². The Kier molecular flexibility index (Phi) is 6.75. The summed E-state index contributed by atoms with van der Waals surface area (Å²) >= 11 is 1.78. The summed E-state index contributed by atoms with van der Waals surface area (Å²) < 4.78 is 38.6. The van der Waals surface area contributed by atoms with E-state index in [2.05, 4.69) is 27.1 Å². The fourth-order valence-electron chi connectivity index (χ4n) is 3.27. The maximum absolute atomic E-state index is 12.7. The SMILES string of the molecule is COc1ccc(OC)c(S(=O)(=O)NCC2CCN(Cc3cccs3)CC2)c1. The average Bonchev–Trinajstić information content (AvgIpc) is 3.20. The largest absolute Gasteiger partial charge is 0.497 e. The zero-order valence-electron chi connectivity index (χ0n) is 15.7. The molecular weight excluding hydrogens is 384 g/mol. The number of benzene rings is 1. The topological polar surface area (TPSA) is 67.9 Å². The van der Waals surface area contributed by atoms with Crippen LogP contribution in [-0.2, 0) is 16.6 Å². The summed E-state index contributed by atoms with van der Waals surface area (Å²) in [5.41, 5.74) is 0. The number of piperidine rings is 1. The smallest absolute Gasteiger partial charge is 0.244 e. The van der Waals surface area contributed by atoms with Crippen LogP contribution < -0.4 is 14.2 Å². The summed E-state index contributed by atoms with van der Waals surface area (Å²) in [4.78, 5) is 3.92. The molecule has 0 amide bonds. The lowest BCUT2D eigenvalue weighted by molar-refractivity contribution is 0.180. The van der Waals surface area contributed by atoms with Crippen LogP contribution in [0.5, 0.6) is 11.5 Å². The molecule has 1 fully saturated rings. The van der Waals surface area contributed by atoms with E-state index < -0.39 is 10.0 Å². The molecule has 6 nitrogen and oxygen atoms in total. The van der Waals surface area contributed by atoms with Crippen molar-refractivity contribution in [1.82, 2.24) is 9.62 Å². The molecule has 0 atom stereocenters. The van der Waals surface area contributed by atoms with Crippen LogP contribution in [0.4, 0.5) is 0 Å². The minimum Gasteiger partial charge on any atom is -0.497 e. The third kappa shape index (κ3) is 5.22. The number of ether oxygens (including phenoxy) is 2. The van der Waals surface area contributed by atoms with Crippen molar-refractivity contribution >= 4 is 21.4 Å². The quantitative estimate of drug-likeness (QED) is 0.725. The van der Waals surface area contributed by atoms with Crippen molar-refractivity contribution in [2.24, 2.45) is 5.92 Å². The van der Waals surface area contributed by atoms with Crippen molar-refractivity contribution in [2.75, 3.05) is 33.9 Å². The predicted molar refractivity (Wildman–Crippen MR) is 107 cm³/mol. The Balaban J connectivity index is 1.55. The van der Waals surface area contributed by atoms with Crippen molar-refractivity contribution in [3.63, 3.8) is 0 Å². The average molecular weight is 411 g/mol. The molecule has 1 saturated heterocycles. The number of nitrogens with one attached hydrogen (secondary N) is 1. The zero-order chi connectivity index (χ0) is 19.3. The van der Waals surface area contributed by atoms with Gasteiger partial charge in [-0.15, -0.1) is 11.3 Å². The number of methoxy groups -OCH3 is 2. The molecule has 0 saturated carbocycles. The molecule has 0 spiro atoms. The first-order valence-electron chi connectivity index (χ1n) is 8.98. The number of likely N-dealkylation sites (tertiary alicyclic amines) is 1. The van der Waals surface area contributed by atoms with E-state index in [-0.39, 0.29) is 4.90 Å². The summed E-state index contributed by atoms with van der Waals surface area (Å²) in [5, 5.41) is 2.10. The number of hydrogen-bond acceptors (Lipinski definition) is 6. The highest BCUT2D eigenvalue weighted by Gasteiger charge is 2.24. The van der Waals surface area contributed by atoms with Crippen molar-refractivity contribution in [2.45, 2.75) is 24.3 Å². The molecule has 27 heavy (non-hydrogen) atoms. The van der Waals surface area contributed by atoms with Gasteiger partial charge in [0, 0.05) is 24.0 Å². The molecule has 1 N–H and O–H groups in total. The second-order valence-electron chi connectivity index (χ2n) is 6.67. The fourth-order valence-corrected chi connectivity index (χ4v) is 5.32. The Labute approximate surface area is 165 Å². The lowest BCUT2D eigenvalue weighted by Gasteiger charge is -2.31. The van der Waals surface area contributed by atoms with Crippen molar-refractivity contribution in [3.8, 4) is 11.5 Å². The Hall–Kier alpha value is -1.61. The van der Waals surface area contributed by atoms with E-state index in [1.54, 1.807) is 23.5 Å². The first-order chi connectivity index (χ1) is 13.0. The van der Waals surface area contributed by atoms with E-state index in [9.17, 15) is 8.42 Å². The van der Waals surface area contributed by atoms with E-state index in [4.69, 9.17) is 9.47 Å². The van der Waals surface area contributed by atoms with Gasteiger partial charge in [0.1, 0.15) is 16.4 Å². The second kappa shape index (κ2) is 9.05. The number of hydrogen-bond donors (Lipinski definition) is 1. The Morgan fingerprint density at radius 1 is 1.19 bits per heavy atom. The van der Waals surface area contributed by atoms with Gasteiger partial charge in [-0.3, -0.25) is 4.90 Å². The summed E-state index contributed by atoms with van der Waals surface area (Å²) in [7, 11) is -0.685. The molecule has 1 aromatic heterocycles. The summed E-state index contributed by atoms with van der Waals surface area (Å²) in [6.07, 6.45) is 1.98. The lowest BCUT2D eigenvalue weighted by Crippen LogP contribution is -2.38. The molecule has 2 aromatic rings. The first kappa shape index (κ1) is 20.1. The number of rotatable bonds is 8. The fraction of sp³-hybridized carbons (Fsp3) is 0.474. The standard InChI is InChI=1S/C19H26N2O4S2/c1-24-16-5-6-18(25-2)19(12-16)27(22,23)20-13-15-7-9-21(10-8-15)14-17-4-3-11-26-17/h3-6,11-12,15,20H,7-10,13-14H2,1-2H3. The lowest BCUT2D eigenvalue weighted by atomic mass is 9.97. The Bertz CT molecular complexity index is 829. The van der Waals surface area contributed by atoms with Gasteiger partial charge in [-0.2, -0.15) is 0 Å². The summed E-state index contributed by atoms with van der Waals surface area (Å²) in [5.74, 6) is 1.14. The van der Waals surface area contributed by atoms with Gasteiger partial charge < -0.3 is 9.47 Å². The second-order valence-corrected chi connectivity index (χ2v) is 9.44. The van der Waals surface area contributed by atoms with E-state index >= 15 is 0 Å². The third-order valence-corrected chi connectivity index (χ3v) is 7.19. The molecule has 1 aromatic carbocycles. The van der Waals surface area contributed by atoms with Crippen molar-refractivity contribution in [1.29, 1.82) is 0 Å². The first-order valence-corrected chi connectivity index (χ1v) is 11.3. The normalized spacial score (nSPS) is 16.4. The van der Waals surface area contributed by atoms with E-state index in [1.807, 2.05) is 0 Å². The van der Waals surface area contributed by atoms with Gasteiger partial charge in [-0.05, 0) is 55.4 Å². The highest BCUT2D eigenvalue weighted by Crippen LogP contribution is 2.28. The van der Waals surface area contributed by atoms with Crippen molar-refractivity contribution in [3.05, 3.63) is 40.6 Å². The highest BCUT2D eigenvalue weighted by molar-refractivity contribution is 7.89. The van der Waals surface area contributed by atoms with Crippen LogP contribution in [0, 0.1) is 5.92 Å². The van der Waals surface area contributed by atoms with Crippen LogP contribution in [0.3, 0.4) is 0 Å².